The van der Waals surface area contributed by atoms with Crippen molar-refractivity contribution in [2.45, 2.75) is 12.5 Å². The first-order valence-corrected chi connectivity index (χ1v) is 11.5. The molecule has 166 valence electrons. The van der Waals surface area contributed by atoms with Crippen molar-refractivity contribution in [2.24, 2.45) is 4.99 Å². The van der Waals surface area contributed by atoms with Crippen LogP contribution in [0.5, 0.6) is 0 Å². The molecule has 0 spiro atoms. The van der Waals surface area contributed by atoms with Crippen molar-refractivity contribution in [3.8, 4) is 5.69 Å². The molecule has 0 N–H and O–H groups in total. The highest BCUT2D eigenvalue weighted by Crippen LogP contribution is 2.33. The Morgan fingerprint density at radius 3 is 2.30 bits per heavy atom. The van der Waals surface area contributed by atoms with Crippen LogP contribution >= 0.6 is 11.6 Å². The quantitative estimate of drug-likeness (QED) is 0.392. The molecule has 1 unspecified atom stereocenters. The molecule has 1 atom stereocenters. The van der Waals surface area contributed by atoms with E-state index < -0.39 is 0 Å². The maximum Gasteiger partial charge on any atom is 0.159 e. The molecular formula is C27H27ClN5+. The second-order valence-electron chi connectivity index (χ2n) is 9.44. The third-order valence-corrected chi connectivity index (χ3v) is 6.11. The first kappa shape index (κ1) is 21.6. The molecule has 1 aromatic heterocycles. The molecule has 33 heavy (non-hydrogen) atoms. The summed E-state index contributed by atoms with van der Waals surface area (Å²) in [5.74, 6) is 1.84. The van der Waals surface area contributed by atoms with Crippen LogP contribution in [-0.4, -0.2) is 52.6 Å². The first-order valence-electron chi connectivity index (χ1n) is 11.1. The van der Waals surface area contributed by atoms with E-state index in [0.29, 0.717) is 11.6 Å². The van der Waals surface area contributed by atoms with Crippen molar-refractivity contribution in [3.05, 3.63) is 112 Å². The lowest BCUT2D eigenvalue weighted by molar-refractivity contribution is -0.871. The van der Waals surface area contributed by atoms with Crippen LogP contribution in [-0.2, 0) is 6.54 Å². The number of halogens is 1. The number of rotatable bonds is 5. The standard InChI is InChI=1S/C27H27ClN5/c1-33(2,3)18-23(19-10-6-4-7-11-19)27-31-30-25-17-29-26(20-12-8-5-9-13-20)22-16-21(28)14-15-24(22)32(25)27/h4-16,23H,17-18H2,1-3H3/q+1. The van der Waals surface area contributed by atoms with E-state index in [9.17, 15) is 0 Å². The lowest BCUT2D eigenvalue weighted by Gasteiger charge is -2.29. The molecule has 5 rings (SSSR count). The zero-order chi connectivity index (χ0) is 23.0. The molecule has 3 aromatic carbocycles. The van der Waals surface area contributed by atoms with E-state index >= 15 is 0 Å². The number of fused-ring (bicyclic) bond motifs is 3. The Labute approximate surface area is 199 Å². The Morgan fingerprint density at radius 2 is 1.61 bits per heavy atom. The zero-order valence-electron chi connectivity index (χ0n) is 19.1. The Morgan fingerprint density at radius 1 is 0.909 bits per heavy atom. The second-order valence-corrected chi connectivity index (χ2v) is 9.87. The molecule has 0 amide bonds. The normalized spacial score (nSPS) is 14.1. The van der Waals surface area contributed by atoms with Crippen LogP contribution in [0.4, 0.5) is 0 Å². The molecule has 0 bridgehead atoms. The minimum Gasteiger partial charge on any atom is -0.330 e. The van der Waals surface area contributed by atoms with E-state index in [-0.39, 0.29) is 5.92 Å². The monoisotopic (exact) mass is 456 g/mol. The van der Waals surface area contributed by atoms with Gasteiger partial charge >= 0.3 is 0 Å². The van der Waals surface area contributed by atoms with Crippen molar-refractivity contribution in [1.82, 2.24) is 14.8 Å². The van der Waals surface area contributed by atoms with Gasteiger partial charge in [-0.3, -0.25) is 9.56 Å². The summed E-state index contributed by atoms with van der Waals surface area (Å²) in [5.41, 5.74) is 5.21. The molecule has 2 heterocycles. The maximum absolute atomic E-state index is 6.47. The smallest absolute Gasteiger partial charge is 0.159 e. The van der Waals surface area contributed by atoms with Crippen LogP contribution in [0.1, 0.15) is 34.3 Å². The van der Waals surface area contributed by atoms with Crippen LogP contribution < -0.4 is 0 Å². The molecule has 0 saturated carbocycles. The van der Waals surface area contributed by atoms with Gasteiger partial charge in [-0.25, -0.2) is 0 Å². The lowest BCUT2D eigenvalue weighted by atomic mass is 9.96. The summed E-state index contributed by atoms with van der Waals surface area (Å²) in [6.45, 7) is 1.34. The van der Waals surface area contributed by atoms with Crippen molar-refractivity contribution < 1.29 is 4.48 Å². The van der Waals surface area contributed by atoms with Crippen molar-refractivity contribution in [2.75, 3.05) is 27.7 Å². The van der Waals surface area contributed by atoms with Gasteiger partial charge in [0.1, 0.15) is 6.54 Å². The molecule has 0 aliphatic carbocycles. The highest BCUT2D eigenvalue weighted by Gasteiger charge is 2.31. The van der Waals surface area contributed by atoms with Gasteiger partial charge in [0.05, 0.1) is 45.0 Å². The summed E-state index contributed by atoms with van der Waals surface area (Å²) in [4.78, 5) is 4.97. The van der Waals surface area contributed by atoms with Gasteiger partial charge in [-0.1, -0.05) is 72.3 Å². The Balaban J connectivity index is 1.71. The number of aromatic nitrogens is 3. The van der Waals surface area contributed by atoms with Crippen LogP contribution in [0.3, 0.4) is 0 Å². The highest BCUT2D eigenvalue weighted by molar-refractivity contribution is 6.31. The van der Waals surface area contributed by atoms with E-state index in [0.717, 1.165) is 45.2 Å². The number of nitrogens with zero attached hydrogens (tertiary/aromatic N) is 5. The van der Waals surface area contributed by atoms with E-state index in [1.807, 2.05) is 36.4 Å². The predicted octanol–water partition coefficient (Wildman–Crippen LogP) is 5.11. The summed E-state index contributed by atoms with van der Waals surface area (Å²) in [5, 5.41) is 10.0. The minimum absolute atomic E-state index is 0.0780. The minimum atomic E-state index is 0.0780. The summed E-state index contributed by atoms with van der Waals surface area (Å²) in [6.07, 6.45) is 0. The Kier molecular flexibility index (Phi) is 5.60. The number of hydrogen-bond acceptors (Lipinski definition) is 3. The van der Waals surface area contributed by atoms with Crippen molar-refractivity contribution in [3.63, 3.8) is 0 Å². The topological polar surface area (TPSA) is 43.1 Å². The van der Waals surface area contributed by atoms with E-state index in [1.54, 1.807) is 0 Å². The van der Waals surface area contributed by atoms with Gasteiger partial charge < -0.3 is 4.48 Å². The molecule has 0 saturated heterocycles. The van der Waals surface area contributed by atoms with Gasteiger partial charge in [0.15, 0.2) is 11.6 Å². The second kappa shape index (κ2) is 8.58. The summed E-state index contributed by atoms with van der Waals surface area (Å²) < 4.78 is 3.00. The average Bonchev–Trinajstić information content (AvgIpc) is 3.15. The number of likely N-dealkylation sites (N-methyl/N-ethyl adjacent to an activating group) is 1. The van der Waals surface area contributed by atoms with Crippen molar-refractivity contribution in [1.29, 1.82) is 0 Å². The molecule has 4 aromatic rings. The summed E-state index contributed by atoms with van der Waals surface area (Å²) in [6, 6.07) is 26.8. The van der Waals surface area contributed by atoms with Crippen molar-refractivity contribution >= 4 is 17.3 Å². The molecule has 6 heteroatoms. The number of benzene rings is 3. The van der Waals surface area contributed by atoms with Crippen LogP contribution in [0, 0.1) is 0 Å². The summed E-state index contributed by atoms with van der Waals surface area (Å²) >= 11 is 6.47. The predicted molar refractivity (Wildman–Crippen MR) is 133 cm³/mol. The average molecular weight is 457 g/mol. The number of aliphatic imine (C=N–C) groups is 1. The third-order valence-electron chi connectivity index (χ3n) is 5.88. The zero-order valence-corrected chi connectivity index (χ0v) is 19.9. The molecule has 1 aliphatic rings. The van der Waals surface area contributed by atoms with Gasteiger partial charge in [-0.15, -0.1) is 10.2 Å². The molecule has 5 nitrogen and oxygen atoms in total. The fraction of sp³-hybridized carbons (Fsp3) is 0.222. The lowest BCUT2D eigenvalue weighted by Crippen LogP contribution is -2.39. The van der Waals surface area contributed by atoms with Gasteiger partial charge in [-0.2, -0.15) is 0 Å². The third kappa shape index (κ3) is 4.34. The largest absolute Gasteiger partial charge is 0.330 e. The number of hydrogen-bond donors (Lipinski definition) is 0. The maximum atomic E-state index is 6.47. The molecular weight excluding hydrogens is 430 g/mol. The fourth-order valence-corrected chi connectivity index (χ4v) is 4.63. The van der Waals surface area contributed by atoms with Crippen LogP contribution in [0.2, 0.25) is 5.02 Å². The van der Waals surface area contributed by atoms with E-state index in [4.69, 9.17) is 21.7 Å². The van der Waals surface area contributed by atoms with E-state index in [1.165, 1.54) is 5.56 Å². The summed E-state index contributed by atoms with van der Waals surface area (Å²) in [7, 11) is 6.62. The first-order chi connectivity index (χ1) is 15.9. The Bertz CT molecular complexity index is 1300. The van der Waals surface area contributed by atoms with Crippen LogP contribution in [0.15, 0.2) is 83.9 Å². The SMILES string of the molecule is C[N+](C)(C)CC(c1ccccc1)c1nnc2n1-c1ccc(Cl)cc1C(c1ccccc1)=NC2. The van der Waals surface area contributed by atoms with Gasteiger partial charge in [0.25, 0.3) is 0 Å². The molecule has 1 aliphatic heterocycles. The highest BCUT2D eigenvalue weighted by atomic mass is 35.5. The van der Waals surface area contributed by atoms with Crippen LogP contribution in [0.25, 0.3) is 5.69 Å². The van der Waals surface area contributed by atoms with E-state index in [2.05, 4.69) is 73.3 Å². The van der Waals surface area contributed by atoms with Gasteiger partial charge in [0.2, 0.25) is 0 Å². The molecule has 0 radical (unpaired) electrons. The van der Waals surface area contributed by atoms with Gasteiger partial charge in [0, 0.05) is 16.1 Å². The Hall–Kier alpha value is -3.28. The number of quaternary nitrogens is 1. The molecule has 0 fully saturated rings. The fourth-order valence-electron chi connectivity index (χ4n) is 4.46. The van der Waals surface area contributed by atoms with Gasteiger partial charge in [-0.05, 0) is 23.8 Å².